The summed E-state index contributed by atoms with van der Waals surface area (Å²) in [5.74, 6) is 0.779. The molecular formula is C15H21ClN2O2. The van der Waals surface area contributed by atoms with Gasteiger partial charge in [0, 0.05) is 13.6 Å². The Kier molecular flexibility index (Phi) is 5.26. The van der Waals surface area contributed by atoms with Crippen molar-refractivity contribution in [2.45, 2.75) is 31.8 Å². The van der Waals surface area contributed by atoms with Crippen LogP contribution >= 0.6 is 11.6 Å². The van der Waals surface area contributed by atoms with Crippen LogP contribution in [0.4, 0.5) is 0 Å². The summed E-state index contributed by atoms with van der Waals surface area (Å²) in [6, 6.07) is 5.75. The van der Waals surface area contributed by atoms with E-state index in [1.165, 1.54) is 0 Å². The largest absolute Gasteiger partial charge is 0.495 e. The summed E-state index contributed by atoms with van der Waals surface area (Å²) in [4.78, 5) is 14.2. The lowest BCUT2D eigenvalue weighted by Gasteiger charge is -2.34. The molecule has 0 radical (unpaired) electrons. The summed E-state index contributed by atoms with van der Waals surface area (Å²) in [7, 11) is 3.30. The van der Waals surface area contributed by atoms with E-state index in [0.29, 0.717) is 10.8 Å². The molecule has 1 heterocycles. The van der Waals surface area contributed by atoms with Crippen molar-refractivity contribution in [3.63, 3.8) is 0 Å². The average Bonchev–Trinajstić information content (AvgIpc) is 2.47. The van der Waals surface area contributed by atoms with Gasteiger partial charge < -0.3 is 10.1 Å². The topological polar surface area (TPSA) is 41.6 Å². The number of methoxy groups -OCH3 is 1. The summed E-state index contributed by atoms with van der Waals surface area (Å²) in [6.45, 7) is 1.68. The van der Waals surface area contributed by atoms with Crippen LogP contribution in [0.2, 0.25) is 5.02 Å². The van der Waals surface area contributed by atoms with E-state index in [0.717, 1.165) is 37.9 Å². The molecule has 20 heavy (non-hydrogen) atoms. The average molecular weight is 297 g/mol. The van der Waals surface area contributed by atoms with E-state index in [2.05, 4.69) is 10.2 Å². The molecule has 1 amide bonds. The van der Waals surface area contributed by atoms with Crippen molar-refractivity contribution in [1.29, 1.82) is 0 Å². The Bertz CT molecular complexity index is 479. The monoisotopic (exact) mass is 296 g/mol. The minimum Gasteiger partial charge on any atom is -0.495 e. The van der Waals surface area contributed by atoms with Gasteiger partial charge in [-0.15, -0.1) is 0 Å². The summed E-state index contributed by atoms with van der Waals surface area (Å²) in [5.41, 5.74) is 1.10. The Morgan fingerprint density at radius 2 is 2.30 bits per heavy atom. The summed E-state index contributed by atoms with van der Waals surface area (Å²) >= 11 is 6.15. The first-order valence-corrected chi connectivity index (χ1v) is 7.31. The molecule has 4 nitrogen and oxygen atoms in total. The molecule has 1 aromatic rings. The van der Waals surface area contributed by atoms with E-state index >= 15 is 0 Å². The fourth-order valence-electron chi connectivity index (χ4n) is 2.69. The van der Waals surface area contributed by atoms with Gasteiger partial charge in [-0.2, -0.15) is 0 Å². The Balaban J connectivity index is 2.10. The number of nitrogens with one attached hydrogen (secondary N) is 1. The number of nitrogens with zero attached hydrogens (tertiary/aromatic N) is 1. The van der Waals surface area contributed by atoms with E-state index in [1.807, 2.05) is 18.2 Å². The van der Waals surface area contributed by atoms with Crippen LogP contribution in [0.25, 0.3) is 0 Å². The first kappa shape index (κ1) is 15.1. The number of carbonyl (C=O) groups is 1. The van der Waals surface area contributed by atoms with Crippen LogP contribution < -0.4 is 10.1 Å². The van der Waals surface area contributed by atoms with E-state index in [1.54, 1.807) is 14.2 Å². The molecule has 0 spiro atoms. The fraction of sp³-hybridized carbons (Fsp3) is 0.533. The lowest BCUT2D eigenvalue weighted by molar-refractivity contribution is -0.127. The van der Waals surface area contributed by atoms with Gasteiger partial charge in [-0.25, -0.2) is 0 Å². The fourth-order valence-corrected chi connectivity index (χ4v) is 2.97. The van der Waals surface area contributed by atoms with Crippen LogP contribution in [-0.2, 0) is 11.3 Å². The Morgan fingerprint density at radius 1 is 1.50 bits per heavy atom. The Morgan fingerprint density at radius 3 is 2.95 bits per heavy atom. The summed E-state index contributed by atoms with van der Waals surface area (Å²) in [6.07, 6.45) is 3.17. The highest BCUT2D eigenvalue weighted by atomic mass is 35.5. The zero-order valence-corrected chi connectivity index (χ0v) is 12.7. The third-order valence-corrected chi connectivity index (χ3v) is 4.06. The van der Waals surface area contributed by atoms with Gasteiger partial charge in [-0.05, 0) is 37.1 Å². The van der Waals surface area contributed by atoms with Crippen molar-refractivity contribution in [2.24, 2.45) is 0 Å². The molecule has 1 aliphatic heterocycles. The van der Waals surface area contributed by atoms with Gasteiger partial charge in [0.05, 0.1) is 18.2 Å². The minimum atomic E-state index is -0.0328. The maximum absolute atomic E-state index is 11.9. The minimum absolute atomic E-state index is 0.0328. The predicted octanol–water partition coefficient (Wildman–Crippen LogP) is 2.45. The maximum atomic E-state index is 11.9. The number of likely N-dealkylation sites (N-methyl/N-ethyl adjacent to an activating group) is 1. The first-order chi connectivity index (χ1) is 9.65. The Hall–Kier alpha value is -1.26. The van der Waals surface area contributed by atoms with Crippen molar-refractivity contribution in [1.82, 2.24) is 10.2 Å². The number of benzene rings is 1. The molecule has 1 fully saturated rings. The molecule has 2 rings (SSSR count). The number of likely N-dealkylation sites (tertiary alicyclic amines) is 1. The van der Waals surface area contributed by atoms with E-state index in [-0.39, 0.29) is 11.9 Å². The van der Waals surface area contributed by atoms with Gasteiger partial charge in [-0.1, -0.05) is 24.1 Å². The number of hydrogen-bond acceptors (Lipinski definition) is 3. The molecule has 5 heteroatoms. The number of rotatable bonds is 4. The Labute approximate surface area is 125 Å². The standard InChI is InChI=1S/C15H21ClN2O2/c1-17-15(19)13-5-3-4-8-18(13)10-11-6-7-14(20-2)12(16)9-11/h6-7,9,13H,3-5,8,10H2,1-2H3,(H,17,19)/t13-/m1/s1. The lowest BCUT2D eigenvalue weighted by atomic mass is 10.0. The highest BCUT2D eigenvalue weighted by molar-refractivity contribution is 6.32. The van der Waals surface area contributed by atoms with Gasteiger partial charge in [0.25, 0.3) is 0 Å². The maximum Gasteiger partial charge on any atom is 0.237 e. The van der Waals surface area contributed by atoms with Crippen molar-refractivity contribution >= 4 is 17.5 Å². The normalized spacial score (nSPS) is 19.6. The highest BCUT2D eigenvalue weighted by Gasteiger charge is 2.27. The smallest absolute Gasteiger partial charge is 0.237 e. The van der Waals surface area contributed by atoms with Crippen molar-refractivity contribution in [2.75, 3.05) is 20.7 Å². The number of halogens is 1. The van der Waals surface area contributed by atoms with Gasteiger partial charge in [0.15, 0.2) is 0 Å². The van der Waals surface area contributed by atoms with Gasteiger partial charge in [0.1, 0.15) is 5.75 Å². The van der Waals surface area contributed by atoms with Gasteiger partial charge in [0.2, 0.25) is 5.91 Å². The summed E-state index contributed by atoms with van der Waals surface area (Å²) in [5, 5.41) is 3.36. The van der Waals surface area contributed by atoms with Crippen LogP contribution in [0.3, 0.4) is 0 Å². The van der Waals surface area contributed by atoms with Crippen LogP contribution in [0.1, 0.15) is 24.8 Å². The van der Waals surface area contributed by atoms with Crippen LogP contribution in [0.15, 0.2) is 18.2 Å². The second-order valence-electron chi connectivity index (χ2n) is 5.07. The second kappa shape index (κ2) is 6.95. The quantitative estimate of drug-likeness (QED) is 0.928. The molecule has 1 aromatic carbocycles. The molecule has 0 aliphatic carbocycles. The molecule has 110 valence electrons. The molecule has 1 atom stereocenters. The first-order valence-electron chi connectivity index (χ1n) is 6.93. The van der Waals surface area contributed by atoms with Crippen molar-refractivity contribution in [3.05, 3.63) is 28.8 Å². The van der Waals surface area contributed by atoms with Crippen LogP contribution in [0.5, 0.6) is 5.75 Å². The van der Waals surface area contributed by atoms with Crippen molar-refractivity contribution in [3.8, 4) is 5.75 Å². The van der Waals surface area contributed by atoms with Gasteiger partial charge >= 0.3 is 0 Å². The number of hydrogen-bond donors (Lipinski definition) is 1. The lowest BCUT2D eigenvalue weighted by Crippen LogP contribution is -2.48. The third kappa shape index (κ3) is 3.44. The zero-order chi connectivity index (χ0) is 14.5. The molecular weight excluding hydrogens is 276 g/mol. The molecule has 0 saturated carbocycles. The molecule has 0 bridgehead atoms. The molecule has 0 unspecified atom stereocenters. The molecule has 1 aliphatic rings. The number of amides is 1. The second-order valence-corrected chi connectivity index (χ2v) is 5.47. The highest BCUT2D eigenvalue weighted by Crippen LogP contribution is 2.27. The van der Waals surface area contributed by atoms with Gasteiger partial charge in [-0.3, -0.25) is 9.69 Å². The number of carbonyl (C=O) groups excluding carboxylic acids is 1. The van der Waals surface area contributed by atoms with E-state index in [4.69, 9.17) is 16.3 Å². The molecule has 1 N–H and O–H groups in total. The SMILES string of the molecule is CNC(=O)[C@H]1CCCCN1Cc1ccc(OC)c(Cl)c1. The van der Waals surface area contributed by atoms with E-state index in [9.17, 15) is 4.79 Å². The number of piperidine rings is 1. The predicted molar refractivity (Wildman–Crippen MR) is 80.1 cm³/mol. The number of ether oxygens (including phenoxy) is 1. The van der Waals surface area contributed by atoms with Crippen LogP contribution in [0, 0.1) is 0 Å². The summed E-state index contributed by atoms with van der Waals surface area (Å²) < 4.78 is 5.16. The van der Waals surface area contributed by atoms with Crippen molar-refractivity contribution < 1.29 is 9.53 Å². The zero-order valence-electron chi connectivity index (χ0n) is 12.0. The van der Waals surface area contributed by atoms with Crippen LogP contribution in [-0.4, -0.2) is 37.6 Å². The van der Waals surface area contributed by atoms with E-state index < -0.39 is 0 Å². The molecule has 1 saturated heterocycles. The third-order valence-electron chi connectivity index (χ3n) is 3.76. The molecule has 0 aromatic heterocycles.